The number of carbonyl (C=O) groups excluding carboxylic acids is 2. The molecular weight excluding hydrogens is 362 g/mol. The fourth-order valence-corrected chi connectivity index (χ4v) is 4.09. The number of amides is 1. The van der Waals surface area contributed by atoms with Crippen LogP contribution in [-0.2, 0) is 21.4 Å². The first-order valence-electron chi connectivity index (χ1n) is 9.27. The molecule has 148 valence electrons. The lowest BCUT2D eigenvalue weighted by atomic mass is 9.72. The first-order chi connectivity index (χ1) is 13.1. The van der Waals surface area contributed by atoms with Gasteiger partial charge in [-0.3, -0.25) is 9.59 Å². The van der Waals surface area contributed by atoms with Gasteiger partial charge in [0.05, 0.1) is 0 Å². The van der Waals surface area contributed by atoms with Crippen LogP contribution in [0.3, 0.4) is 0 Å². The monoisotopic (exact) mass is 386 g/mol. The highest BCUT2D eigenvalue weighted by molar-refractivity contribution is 6.17. The maximum absolute atomic E-state index is 13.5. The van der Waals surface area contributed by atoms with Crippen molar-refractivity contribution < 1.29 is 18.4 Å². The van der Waals surface area contributed by atoms with E-state index in [1.807, 2.05) is 45.0 Å². The van der Waals surface area contributed by atoms with Crippen LogP contribution < -0.4 is 10.6 Å². The molecule has 2 aromatic carbocycles. The Hall–Kier alpha value is -2.60. The number of hydrogen-bond acceptors (Lipinski definition) is 3. The highest BCUT2D eigenvalue weighted by Crippen LogP contribution is 2.42. The topological polar surface area (TPSA) is 63.4 Å². The number of para-hydroxylation sites is 1. The van der Waals surface area contributed by atoms with Gasteiger partial charge in [-0.2, -0.15) is 0 Å². The summed E-state index contributed by atoms with van der Waals surface area (Å²) in [4.78, 5) is 28.0. The third-order valence-electron chi connectivity index (χ3n) is 5.37. The van der Waals surface area contributed by atoms with E-state index in [0.717, 1.165) is 29.4 Å². The largest absolute Gasteiger partial charge is 0.311 e. The van der Waals surface area contributed by atoms with Gasteiger partial charge in [-0.25, -0.2) is 8.78 Å². The maximum atomic E-state index is 13.5. The zero-order chi connectivity index (χ0) is 20.7. The standard InChI is InChI=1S/C22H24F2N2O2/c1-4-26-18-8-6-5-7-17(18)21(2,3)13-22(25,20(26)28)19(27)11-14-9-15(23)12-16(24)10-14/h5-10,12H,4,11,13,25H2,1-3H3. The molecule has 6 heteroatoms. The average Bonchev–Trinajstić information content (AvgIpc) is 2.67. The number of carbonyl (C=O) groups is 2. The molecule has 0 saturated heterocycles. The second-order valence-corrected chi connectivity index (χ2v) is 7.98. The van der Waals surface area contributed by atoms with Crippen molar-refractivity contribution in [3.05, 3.63) is 65.2 Å². The molecule has 2 aromatic rings. The van der Waals surface area contributed by atoms with Gasteiger partial charge >= 0.3 is 0 Å². The Bertz CT molecular complexity index is 922. The van der Waals surface area contributed by atoms with Crippen LogP contribution in [0.15, 0.2) is 42.5 Å². The van der Waals surface area contributed by atoms with Gasteiger partial charge in [-0.05, 0) is 48.1 Å². The van der Waals surface area contributed by atoms with Crippen LogP contribution in [0.2, 0.25) is 0 Å². The molecular formula is C22H24F2N2O2. The summed E-state index contributed by atoms with van der Waals surface area (Å²) in [5.41, 5.74) is 5.95. The van der Waals surface area contributed by atoms with Crippen molar-refractivity contribution in [1.82, 2.24) is 0 Å². The quantitative estimate of drug-likeness (QED) is 0.818. The normalized spacial score (nSPS) is 21.2. The number of likely N-dealkylation sites (N-methyl/N-ethyl adjacent to an activating group) is 1. The summed E-state index contributed by atoms with van der Waals surface area (Å²) >= 11 is 0. The molecule has 1 heterocycles. The van der Waals surface area contributed by atoms with E-state index in [1.165, 1.54) is 4.90 Å². The van der Waals surface area contributed by atoms with Crippen LogP contribution in [-0.4, -0.2) is 23.8 Å². The molecule has 2 N–H and O–H groups in total. The number of anilines is 1. The molecule has 0 aliphatic carbocycles. The zero-order valence-corrected chi connectivity index (χ0v) is 16.3. The van der Waals surface area contributed by atoms with Gasteiger partial charge in [0.15, 0.2) is 11.3 Å². The molecule has 28 heavy (non-hydrogen) atoms. The molecule has 1 unspecified atom stereocenters. The van der Waals surface area contributed by atoms with E-state index in [9.17, 15) is 18.4 Å². The minimum absolute atomic E-state index is 0.100. The van der Waals surface area contributed by atoms with E-state index in [-0.39, 0.29) is 18.4 Å². The molecule has 4 nitrogen and oxygen atoms in total. The van der Waals surface area contributed by atoms with Crippen molar-refractivity contribution >= 4 is 17.4 Å². The molecule has 0 saturated carbocycles. The Kier molecular flexibility index (Phi) is 5.10. The van der Waals surface area contributed by atoms with Crippen molar-refractivity contribution in [3.8, 4) is 0 Å². The lowest BCUT2D eigenvalue weighted by Crippen LogP contribution is -2.62. The van der Waals surface area contributed by atoms with Crippen LogP contribution >= 0.6 is 0 Å². The Morgan fingerprint density at radius 2 is 1.75 bits per heavy atom. The molecule has 1 aliphatic heterocycles. The Morgan fingerprint density at radius 3 is 2.36 bits per heavy atom. The van der Waals surface area contributed by atoms with Crippen LogP contribution in [0.5, 0.6) is 0 Å². The van der Waals surface area contributed by atoms with Gasteiger partial charge in [0, 0.05) is 24.7 Å². The predicted octanol–water partition coefficient (Wildman–Crippen LogP) is 3.51. The fourth-order valence-electron chi connectivity index (χ4n) is 4.09. The number of benzene rings is 2. The number of fused-ring (bicyclic) bond motifs is 1. The SMILES string of the molecule is CCN1C(=O)C(N)(C(=O)Cc2cc(F)cc(F)c2)CC(C)(C)c2ccccc21. The number of rotatable bonds is 4. The first kappa shape index (κ1) is 20.1. The molecule has 0 aromatic heterocycles. The van der Waals surface area contributed by atoms with Crippen LogP contribution in [0.4, 0.5) is 14.5 Å². The van der Waals surface area contributed by atoms with Gasteiger partial charge in [0.1, 0.15) is 11.6 Å². The van der Waals surface area contributed by atoms with Gasteiger partial charge in [0.25, 0.3) is 5.91 Å². The summed E-state index contributed by atoms with van der Waals surface area (Å²) in [6.45, 7) is 6.05. The van der Waals surface area contributed by atoms with Gasteiger partial charge < -0.3 is 10.6 Å². The van der Waals surface area contributed by atoms with Crippen molar-refractivity contribution in [2.75, 3.05) is 11.4 Å². The number of Topliss-reactive ketones (excluding diaryl/α,β-unsaturated/α-hetero) is 1. The average molecular weight is 386 g/mol. The van der Waals surface area contributed by atoms with E-state index >= 15 is 0 Å². The molecule has 1 atom stereocenters. The Morgan fingerprint density at radius 1 is 1.14 bits per heavy atom. The summed E-state index contributed by atoms with van der Waals surface area (Å²) < 4.78 is 27.0. The lowest BCUT2D eigenvalue weighted by molar-refractivity contribution is -0.134. The highest BCUT2D eigenvalue weighted by Gasteiger charge is 2.51. The van der Waals surface area contributed by atoms with Crippen molar-refractivity contribution in [1.29, 1.82) is 0 Å². The van der Waals surface area contributed by atoms with E-state index < -0.39 is 34.3 Å². The highest BCUT2D eigenvalue weighted by atomic mass is 19.1. The number of nitrogens with two attached hydrogens (primary N) is 1. The van der Waals surface area contributed by atoms with Gasteiger partial charge in [-0.1, -0.05) is 32.0 Å². The third-order valence-corrected chi connectivity index (χ3v) is 5.37. The van der Waals surface area contributed by atoms with Gasteiger partial charge in [0.2, 0.25) is 0 Å². The smallest absolute Gasteiger partial charge is 0.254 e. The number of ketones is 1. The summed E-state index contributed by atoms with van der Waals surface area (Å²) in [6, 6.07) is 10.4. The number of halogens is 2. The number of hydrogen-bond donors (Lipinski definition) is 1. The minimum Gasteiger partial charge on any atom is -0.311 e. The minimum atomic E-state index is -1.79. The molecule has 0 fully saturated rings. The maximum Gasteiger partial charge on any atom is 0.254 e. The molecule has 1 aliphatic rings. The third kappa shape index (κ3) is 3.44. The molecule has 3 rings (SSSR count). The van der Waals surface area contributed by atoms with Gasteiger partial charge in [-0.15, -0.1) is 0 Å². The van der Waals surface area contributed by atoms with E-state index in [0.29, 0.717) is 6.54 Å². The van der Waals surface area contributed by atoms with Crippen molar-refractivity contribution in [2.45, 2.75) is 44.6 Å². The zero-order valence-electron chi connectivity index (χ0n) is 16.3. The lowest BCUT2D eigenvalue weighted by Gasteiger charge is -2.33. The van der Waals surface area contributed by atoms with Crippen LogP contribution in [0.1, 0.15) is 38.3 Å². The second-order valence-electron chi connectivity index (χ2n) is 7.98. The Balaban J connectivity index is 2.04. The Labute approximate surface area is 163 Å². The van der Waals surface area contributed by atoms with E-state index in [2.05, 4.69) is 0 Å². The summed E-state index contributed by atoms with van der Waals surface area (Å²) in [5.74, 6) is -2.59. The molecule has 0 radical (unpaired) electrons. The van der Waals surface area contributed by atoms with E-state index in [4.69, 9.17) is 5.73 Å². The predicted molar refractivity (Wildman–Crippen MR) is 104 cm³/mol. The van der Waals surface area contributed by atoms with Crippen molar-refractivity contribution in [3.63, 3.8) is 0 Å². The van der Waals surface area contributed by atoms with E-state index in [1.54, 1.807) is 0 Å². The molecule has 0 spiro atoms. The second kappa shape index (κ2) is 7.09. The molecule has 1 amide bonds. The fraction of sp³-hybridized carbons (Fsp3) is 0.364. The molecule has 0 bridgehead atoms. The summed E-state index contributed by atoms with van der Waals surface area (Å²) in [5, 5.41) is 0. The number of nitrogens with zero attached hydrogens (tertiary/aromatic N) is 1. The summed E-state index contributed by atoms with van der Waals surface area (Å²) in [7, 11) is 0. The van der Waals surface area contributed by atoms with Crippen LogP contribution in [0, 0.1) is 11.6 Å². The summed E-state index contributed by atoms with van der Waals surface area (Å²) in [6.07, 6.45) is -0.218. The first-order valence-corrected chi connectivity index (χ1v) is 9.27. The van der Waals surface area contributed by atoms with Crippen molar-refractivity contribution in [2.24, 2.45) is 5.73 Å². The van der Waals surface area contributed by atoms with Crippen LogP contribution in [0.25, 0.3) is 0 Å².